The van der Waals surface area contributed by atoms with E-state index in [2.05, 4.69) is 15.3 Å². The molecule has 1 fully saturated rings. The smallest absolute Gasteiger partial charge is 0.270 e. The van der Waals surface area contributed by atoms with E-state index in [0.717, 1.165) is 30.4 Å². The molecule has 29 heavy (non-hydrogen) atoms. The summed E-state index contributed by atoms with van der Waals surface area (Å²) < 4.78 is 19.7. The fraction of sp³-hybridized carbons (Fsp3) is 0.409. The van der Waals surface area contributed by atoms with Crippen molar-refractivity contribution in [3.8, 4) is 0 Å². The third kappa shape index (κ3) is 5.61. The number of hydrogen-bond acceptors (Lipinski definition) is 4. The van der Waals surface area contributed by atoms with Crippen LogP contribution in [0.3, 0.4) is 0 Å². The average molecular weight is 418 g/mol. The number of nitrogens with one attached hydrogen (secondary N) is 1. The Morgan fingerprint density at radius 2 is 2.14 bits per heavy atom. The summed E-state index contributed by atoms with van der Waals surface area (Å²) in [5.41, 5.74) is 1.97. The number of aromatic nitrogens is 2. The summed E-state index contributed by atoms with van der Waals surface area (Å²) in [4.78, 5) is 21.3. The molecule has 1 aliphatic heterocycles. The summed E-state index contributed by atoms with van der Waals surface area (Å²) in [6.07, 6.45) is 6.36. The molecule has 0 atom stereocenters. The molecule has 1 aliphatic rings. The zero-order valence-corrected chi connectivity index (χ0v) is 17.4. The molecule has 154 valence electrons. The van der Waals surface area contributed by atoms with Crippen LogP contribution >= 0.6 is 11.6 Å². The van der Waals surface area contributed by atoms with Crippen LogP contribution in [0.4, 0.5) is 4.39 Å². The van der Waals surface area contributed by atoms with Gasteiger partial charge in [-0.1, -0.05) is 30.7 Å². The molecule has 0 spiro atoms. The molecule has 1 saturated heterocycles. The van der Waals surface area contributed by atoms with Gasteiger partial charge in [0.1, 0.15) is 22.0 Å². The highest BCUT2D eigenvalue weighted by Gasteiger charge is 2.19. The molecule has 1 N–H and O–H groups in total. The standard InChI is InChI=1S/C22H25ClFN3O2/c1-3-4-18-16(11-15-5-6-20(23)25-13-15)12-19(27-21(18)14(2)24)22(28)26-17-7-9-29-10-8-17/h4-6,12-13,17H,3,7-11H2,1-2H3,(H,26,28)/b18-4-,21-14-. The molecular formula is C22H25ClFN3O2. The average Bonchev–Trinajstić information content (AvgIpc) is 2.71. The van der Waals surface area contributed by atoms with E-state index in [4.69, 9.17) is 16.3 Å². The Balaban J connectivity index is 2.02. The minimum atomic E-state index is -0.416. The van der Waals surface area contributed by atoms with Crippen LogP contribution in [0.2, 0.25) is 5.15 Å². The van der Waals surface area contributed by atoms with Crippen molar-refractivity contribution in [3.05, 3.63) is 56.9 Å². The molecule has 0 bridgehead atoms. The van der Waals surface area contributed by atoms with E-state index < -0.39 is 5.83 Å². The highest BCUT2D eigenvalue weighted by atomic mass is 35.5. The van der Waals surface area contributed by atoms with Gasteiger partial charge in [0.05, 0.1) is 0 Å². The molecule has 2 aromatic heterocycles. The monoisotopic (exact) mass is 417 g/mol. The van der Waals surface area contributed by atoms with Crippen molar-refractivity contribution in [1.82, 2.24) is 15.3 Å². The number of nitrogens with zero attached hydrogens (tertiary/aromatic N) is 2. The second-order valence-corrected chi connectivity index (χ2v) is 7.49. The van der Waals surface area contributed by atoms with Crippen LogP contribution in [0.5, 0.6) is 0 Å². The first-order valence-electron chi connectivity index (χ1n) is 9.83. The van der Waals surface area contributed by atoms with Gasteiger partial charge in [0.15, 0.2) is 0 Å². The fourth-order valence-electron chi connectivity index (χ4n) is 3.40. The molecule has 0 radical (unpaired) electrons. The number of halogens is 2. The van der Waals surface area contributed by atoms with E-state index in [9.17, 15) is 9.18 Å². The van der Waals surface area contributed by atoms with E-state index in [1.807, 2.05) is 19.1 Å². The third-order valence-electron chi connectivity index (χ3n) is 4.85. The van der Waals surface area contributed by atoms with E-state index in [1.54, 1.807) is 18.3 Å². The lowest BCUT2D eigenvalue weighted by molar-refractivity contribution is 0.0694. The van der Waals surface area contributed by atoms with Crippen LogP contribution in [0.25, 0.3) is 11.9 Å². The molecule has 5 nitrogen and oxygen atoms in total. The molecule has 0 unspecified atom stereocenters. The van der Waals surface area contributed by atoms with Crippen LogP contribution in [0.15, 0.2) is 24.4 Å². The second kappa shape index (κ2) is 9.94. The molecule has 0 aliphatic carbocycles. The summed E-state index contributed by atoms with van der Waals surface area (Å²) in [5, 5.41) is 4.33. The lowest BCUT2D eigenvalue weighted by atomic mass is 10.0. The number of carbonyl (C=O) groups excluding carboxylic acids is 1. The van der Waals surface area contributed by atoms with Gasteiger partial charge in [-0.15, -0.1) is 0 Å². The zero-order chi connectivity index (χ0) is 20.8. The molecular weight excluding hydrogens is 393 g/mol. The molecule has 7 heteroatoms. The van der Waals surface area contributed by atoms with Crippen molar-refractivity contribution < 1.29 is 13.9 Å². The lowest BCUT2D eigenvalue weighted by Gasteiger charge is -2.23. The van der Waals surface area contributed by atoms with Crippen molar-refractivity contribution in [3.63, 3.8) is 0 Å². The summed E-state index contributed by atoms with van der Waals surface area (Å²) in [5.74, 6) is -0.709. The zero-order valence-electron chi connectivity index (χ0n) is 16.7. The number of carbonyl (C=O) groups is 1. The fourth-order valence-corrected chi connectivity index (χ4v) is 3.51. The Kier molecular flexibility index (Phi) is 7.34. The van der Waals surface area contributed by atoms with Gasteiger partial charge in [-0.3, -0.25) is 4.79 Å². The summed E-state index contributed by atoms with van der Waals surface area (Å²) in [6.45, 7) is 4.60. The van der Waals surface area contributed by atoms with Crippen molar-refractivity contribution in [2.24, 2.45) is 0 Å². The number of pyridine rings is 2. The SMILES string of the molecule is CC/C=c1/c(Cc2ccc(Cl)nc2)cc(C(=O)NC2CCOCC2)n/c1=C(/C)F. The van der Waals surface area contributed by atoms with Gasteiger partial charge in [0.2, 0.25) is 0 Å². The van der Waals surface area contributed by atoms with Crippen LogP contribution in [0, 0.1) is 0 Å². The van der Waals surface area contributed by atoms with E-state index in [-0.39, 0.29) is 23.0 Å². The predicted molar refractivity (Wildman–Crippen MR) is 112 cm³/mol. The van der Waals surface area contributed by atoms with Crippen LogP contribution in [-0.4, -0.2) is 35.1 Å². The van der Waals surface area contributed by atoms with Gasteiger partial charge in [-0.25, -0.2) is 14.4 Å². The van der Waals surface area contributed by atoms with Gasteiger partial charge in [0, 0.05) is 30.7 Å². The van der Waals surface area contributed by atoms with Gasteiger partial charge in [0.25, 0.3) is 5.91 Å². The number of rotatable bonds is 5. The Morgan fingerprint density at radius 1 is 1.38 bits per heavy atom. The summed E-state index contributed by atoms with van der Waals surface area (Å²) in [7, 11) is 0. The van der Waals surface area contributed by atoms with E-state index in [1.165, 1.54) is 6.92 Å². The molecule has 0 aromatic carbocycles. The maximum atomic E-state index is 14.3. The van der Waals surface area contributed by atoms with E-state index >= 15 is 0 Å². The first-order valence-corrected chi connectivity index (χ1v) is 10.2. The molecule has 0 saturated carbocycles. The number of ether oxygens (including phenoxy) is 1. The highest BCUT2D eigenvalue weighted by Crippen LogP contribution is 2.11. The molecule has 3 heterocycles. The first-order chi connectivity index (χ1) is 14.0. The van der Waals surface area contributed by atoms with Gasteiger partial charge in [-0.2, -0.15) is 0 Å². The second-order valence-electron chi connectivity index (χ2n) is 7.10. The maximum absolute atomic E-state index is 14.3. The number of amides is 1. The minimum Gasteiger partial charge on any atom is -0.381 e. The molecule has 3 rings (SSSR count). The lowest BCUT2D eigenvalue weighted by Crippen LogP contribution is -2.41. The van der Waals surface area contributed by atoms with Crippen molar-refractivity contribution in [2.45, 2.75) is 45.6 Å². The summed E-state index contributed by atoms with van der Waals surface area (Å²) >= 11 is 5.88. The van der Waals surface area contributed by atoms with Crippen LogP contribution < -0.4 is 15.9 Å². The normalized spacial score (nSPS) is 16.6. The Bertz CT molecular complexity index is 982. The van der Waals surface area contributed by atoms with Gasteiger partial charge in [-0.05, 0) is 55.9 Å². The third-order valence-corrected chi connectivity index (χ3v) is 5.07. The van der Waals surface area contributed by atoms with Crippen molar-refractivity contribution in [1.29, 1.82) is 0 Å². The Hall–Kier alpha value is -2.31. The predicted octanol–water partition coefficient (Wildman–Crippen LogP) is 2.92. The molecule has 2 aromatic rings. The highest BCUT2D eigenvalue weighted by molar-refractivity contribution is 6.29. The van der Waals surface area contributed by atoms with Gasteiger partial charge < -0.3 is 10.1 Å². The van der Waals surface area contributed by atoms with E-state index in [0.29, 0.717) is 30.0 Å². The maximum Gasteiger partial charge on any atom is 0.270 e. The molecule has 1 amide bonds. The first kappa shape index (κ1) is 21.4. The van der Waals surface area contributed by atoms with Gasteiger partial charge >= 0.3 is 0 Å². The van der Waals surface area contributed by atoms with Crippen LogP contribution in [-0.2, 0) is 11.2 Å². The van der Waals surface area contributed by atoms with Crippen molar-refractivity contribution >= 4 is 29.4 Å². The number of hydrogen-bond donors (Lipinski definition) is 1. The van der Waals surface area contributed by atoms with Crippen molar-refractivity contribution in [2.75, 3.05) is 13.2 Å². The summed E-state index contributed by atoms with van der Waals surface area (Å²) in [6, 6.07) is 5.38. The minimum absolute atomic E-state index is 0.0442. The largest absolute Gasteiger partial charge is 0.381 e. The van der Waals surface area contributed by atoms with Crippen LogP contribution in [0.1, 0.15) is 54.7 Å². The Labute approximate surface area is 174 Å². The Morgan fingerprint density at radius 3 is 2.76 bits per heavy atom. The topological polar surface area (TPSA) is 64.1 Å². The quantitative estimate of drug-likeness (QED) is 0.760.